The molecular formula is C17H22FN3O3S2. The second kappa shape index (κ2) is 8.43. The number of sulfonamides is 1. The van der Waals surface area contributed by atoms with Gasteiger partial charge in [0.25, 0.3) is 0 Å². The molecule has 0 saturated carbocycles. The molecular weight excluding hydrogens is 377 g/mol. The van der Waals surface area contributed by atoms with Crippen molar-refractivity contribution in [3.8, 4) is 11.3 Å². The van der Waals surface area contributed by atoms with Gasteiger partial charge in [0.1, 0.15) is 5.82 Å². The molecule has 0 aliphatic heterocycles. The highest BCUT2D eigenvalue weighted by Crippen LogP contribution is 2.37. The van der Waals surface area contributed by atoms with Crippen molar-refractivity contribution in [3.05, 3.63) is 34.5 Å². The molecule has 2 N–H and O–H groups in total. The number of fused-ring (bicyclic) bond motifs is 3. The van der Waals surface area contributed by atoms with E-state index >= 15 is 0 Å². The fraction of sp³-hybridized carbons (Fsp3) is 0.471. The Morgan fingerprint density at radius 2 is 2.08 bits per heavy atom. The summed E-state index contributed by atoms with van der Waals surface area (Å²) in [5.74, 6) is -0.241. The second-order valence-corrected chi connectivity index (χ2v) is 9.07. The minimum Gasteiger partial charge on any atom is -0.378 e. The number of halogens is 1. The van der Waals surface area contributed by atoms with Crippen LogP contribution >= 0.6 is 11.3 Å². The fourth-order valence-corrected chi connectivity index (χ4v) is 4.36. The number of thiazole rings is 1. The smallest absolute Gasteiger partial charge is 0.208 e. The zero-order valence-corrected chi connectivity index (χ0v) is 16.2. The Morgan fingerprint density at radius 3 is 2.88 bits per heavy atom. The maximum Gasteiger partial charge on any atom is 0.208 e. The van der Waals surface area contributed by atoms with E-state index < -0.39 is 10.0 Å². The van der Waals surface area contributed by atoms with Gasteiger partial charge in [-0.3, -0.25) is 0 Å². The van der Waals surface area contributed by atoms with Crippen molar-refractivity contribution in [3.63, 3.8) is 0 Å². The third kappa shape index (κ3) is 5.23. The number of hydrogen-bond acceptors (Lipinski definition) is 6. The lowest BCUT2D eigenvalue weighted by Crippen LogP contribution is -2.26. The summed E-state index contributed by atoms with van der Waals surface area (Å²) in [5, 5.41) is 4.02. The van der Waals surface area contributed by atoms with Gasteiger partial charge in [-0.15, -0.1) is 11.3 Å². The minimum atomic E-state index is -3.17. The summed E-state index contributed by atoms with van der Waals surface area (Å²) in [6.07, 6.45) is 4.03. The number of anilines is 1. The Balaban J connectivity index is 1.54. The van der Waals surface area contributed by atoms with E-state index in [0.29, 0.717) is 19.8 Å². The first-order valence-electron chi connectivity index (χ1n) is 8.47. The van der Waals surface area contributed by atoms with Crippen molar-refractivity contribution in [2.75, 3.05) is 37.9 Å². The highest BCUT2D eigenvalue weighted by molar-refractivity contribution is 7.88. The standard InChI is InChI=1S/C17H22FN3O3S2/c1-26(22,23)20-8-10-24-9-7-19-17-21-16-14-11-13(18)6-5-12(14)3-2-4-15(16)25-17/h5-6,11,20H,2-4,7-10H2,1H3,(H,19,21). The van der Waals surface area contributed by atoms with Crippen LogP contribution in [0.2, 0.25) is 0 Å². The monoisotopic (exact) mass is 399 g/mol. The predicted octanol–water partition coefficient (Wildman–Crippen LogP) is 2.42. The molecule has 1 heterocycles. The van der Waals surface area contributed by atoms with E-state index in [1.165, 1.54) is 10.9 Å². The predicted molar refractivity (Wildman–Crippen MR) is 102 cm³/mol. The molecule has 6 nitrogen and oxygen atoms in total. The number of rotatable bonds is 8. The average molecular weight is 400 g/mol. The van der Waals surface area contributed by atoms with E-state index in [2.05, 4.69) is 15.0 Å². The Labute approximate surface area is 156 Å². The minimum absolute atomic E-state index is 0.241. The van der Waals surface area contributed by atoms with Crippen molar-refractivity contribution < 1.29 is 17.5 Å². The molecule has 0 bridgehead atoms. The van der Waals surface area contributed by atoms with Gasteiger partial charge in [0, 0.05) is 23.5 Å². The number of nitrogens with one attached hydrogen (secondary N) is 2. The molecule has 0 atom stereocenters. The normalized spacial score (nSPS) is 13.8. The number of nitrogens with zero attached hydrogens (tertiary/aromatic N) is 1. The third-order valence-corrected chi connectivity index (χ3v) is 5.81. The van der Waals surface area contributed by atoms with Crippen LogP contribution in [0.15, 0.2) is 18.2 Å². The summed E-state index contributed by atoms with van der Waals surface area (Å²) in [7, 11) is -3.17. The van der Waals surface area contributed by atoms with E-state index in [4.69, 9.17) is 4.74 Å². The van der Waals surface area contributed by atoms with Crippen LogP contribution in [0.5, 0.6) is 0 Å². The second-order valence-electron chi connectivity index (χ2n) is 6.15. The van der Waals surface area contributed by atoms with Crippen molar-refractivity contribution >= 4 is 26.5 Å². The van der Waals surface area contributed by atoms with Gasteiger partial charge in [-0.2, -0.15) is 0 Å². The lowest BCUT2D eigenvalue weighted by atomic mass is 10.0. The first-order chi connectivity index (χ1) is 12.4. The SMILES string of the molecule is CS(=O)(=O)NCCOCCNc1nc2c(s1)CCCc1ccc(F)cc1-2. The van der Waals surface area contributed by atoms with E-state index in [1.807, 2.05) is 6.07 Å². The summed E-state index contributed by atoms with van der Waals surface area (Å²) in [6, 6.07) is 4.93. The van der Waals surface area contributed by atoms with Gasteiger partial charge in [0.05, 0.1) is 25.2 Å². The van der Waals surface area contributed by atoms with E-state index in [-0.39, 0.29) is 12.4 Å². The summed E-state index contributed by atoms with van der Waals surface area (Å²) in [6.45, 7) is 1.59. The van der Waals surface area contributed by atoms with Gasteiger partial charge in [-0.25, -0.2) is 22.5 Å². The number of ether oxygens (including phenoxy) is 1. The van der Waals surface area contributed by atoms with Crippen LogP contribution in [0, 0.1) is 5.82 Å². The zero-order valence-electron chi connectivity index (χ0n) is 14.5. The highest BCUT2D eigenvalue weighted by Gasteiger charge is 2.19. The van der Waals surface area contributed by atoms with Crippen molar-refractivity contribution in [1.29, 1.82) is 0 Å². The van der Waals surface area contributed by atoms with Gasteiger partial charge in [-0.1, -0.05) is 6.07 Å². The molecule has 0 saturated heterocycles. The number of aromatic nitrogens is 1. The van der Waals surface area contributed by atoms with Crippen LogP contribution in [0.1, 0.15) is 16.9 Å². The molecule has 3 rings (SSSR count). The number of hydrogen-bond donors (Lipinski definition) is 2. The first kappa shape index (κ1) is 19.2. The van der Waals surface area contributed by atoms with E-state index in [1.54, 1.807) is 17.4 Å². The van der Waals surface area contributed by atoms with Gasteiger partial charge < -0.3 is 10.1 Å². The summed E-state index contributed by atoms with van der Waals surface area (Å²) < 4.78 is 43.3. The molecule has 1 aromatic heterocycles. The molecule has 142 valence electrons. The maximum atomic E-state index is 13.7. The van der Waals surface area contributed by atoms with Crippen LogP contribution in [-0.4, -0.2) is 46.0 Å². The fourth-order valence-electron chi connectivity index (χ4n) is 2.87. The van der Waals surface area contributed by atoms with Gasteiger partial charge in [0.15, 0.2) is 5.13 Å². The molecule has 0 fully saturated rings. The Hall–Kier alpha value is -1.55. The molecule has 26 heavy (non-hydrogen) atoms. The quantitative estimate of drug-likeness (QED) is 0.667. The molecule has 0 spiro atoms. The van der Waals surface area contributed by atoms with E-state index in [0.717, 1.165) is 47.5 Å². The Morgan fingerprint density at radius 1 is 1.27 bits per heavy atom. The van der Waals surface area contributed by atoms with Gasteiger partial charge in [-0.05, 0) is 37.0 Å². The van der Waals surface area contributed by atoms with Crippen molar-refractivity contribution in [2.45, 2.75) is 19.3 Å². The van der Waals surface area contributed by atoms with Crippen molar-refractivity contribution in [2.24, 2.45) is 0 Å². The van der Waals surface area contributed by atoms with Crippen LogP contribution in [0.25, 0.3) is 11.3 Å². The molecule has 1 aromatic carbocycles. The summed E-state index contributed by atoms with van der Waals surface area (Å²) in [4.78, 5) is 5.83. The largest absolute Gasteiger partial charge is 0.378 e. The summed E-state index contributed by atoms with van der Waals surface area (Å²) >= 11 is 1.60. The van der Waals surface area contributed by atoms with Crippen LogP contribution in [-0.2, 0) is 27.6 Å². The lowest BCUT2D eigenvalue weighted by Gasteiger charge is -2.06. The Bertz CT molecular complexity index is 868. The molecule has 2 aromatic rings. The van der Waals surface area contributed by atoms with E-state index in [9.17, 15) is 12.8 Å². The molecule has 1 aliphatic rings. The molecule has 1 aliphatic carbocycles. The maximum absolute atomic E-state index is 13.7. The average Bonchev–Trinajstić information content (AvgIpc) is 2.90. The number of benzene rings is 1. The topological polar surface area (TPSA) is 80.3 Å². The molecule has 0 amide bonds. The van der Waals surface area contributed by atoms with Gasteiger partial charge >= 0.3 is 0 Å². The first-order valence-corrected chi connectivity index (χ1v) is 11.2. The van der Waals surface area contributed by atoms with Crippen LogP contribution < -0.4 is 10.0 Å². The summed E-state index contributed by atoms with van der Waals surface area (Å²) in [5.41, 5.74) is 2.91. The molecule has 9 heteroatoms. The van der Waals surface area contributed by atoms with Crippen LogP contribution in [0.4, 0.5) is 9.52 Å². The number of aryl methyl sites for hydroxylation is 2. The lowest BCUT2D eigenvalue weighted by molar-refractivity contribution is 0.149. The Kier molecular flexibility index (Phi) is 6.23. The zero-order chi connectivity index (χ0) is 18.6. The van der Waals surface area contributed by atoms with Gasteiger partial charge in [0.2, 0.25) is 10.0 Å². The third-order valence-electron chi connectivity index (χ3n) is 4.01. The molecule has 0 radical (unpaired) electrons. The molecule has 0 unspecified atom stereocenters. The highest BCUT2D eigenvalue weighted by atomic mass is 32.2. The van der Waals surface area contributed by atoms with Crippen LogP contribution in [0.3, 0.4) is 0 Å². The van der Waals surface area contributed by atoms with Crippen molar-refractivity contribution in [1.82, 2.24) is 9.71 Å².